The molecule has 0 aliphatic rings. The lowest BCUT2D eigenvalue weighted by atomic mass is 10.1. The highest BCUT2D eigenvalue weighted by Gasteiger charge is 2.14. The molecule has 0 heterocycles. The highest BCUT2D eigenvalue weighted by molar-refractivity contribution is 5.82. The van der Waals surface area contributed by atoms with E-state index in [4.69, 9.17) is 10.5 Å². The van der Waals surface area contributed by atoms with E-state index in [0.29, 0.717) is 13.2 Å². The monoisotopic (exact) mass is 284 g/mol. The average molecular weight is 284 g/mol. The van der Waals surface area contributed by atoms with E-state index in [0.717, 1.165) is 16.9 Å². The molecule has 2 aromatic carbocycles. The van der Waals surface area contributed by atoms with E-state index < -0.39 is 6.04 Å². The van der Waals surface area contributed by atoms with Crippen molar-refractivity contribution in [3.8, 4) is 5.75 Å². The molecule has 4 heteroatoms. The number of nitrogens with one attached hydrogen (secondary N) is 1. The van der Waals surface area contributed by atoms with E-state index >= 15 is 0 Å². The van der Waals surface area contributed by atoms with Crippen molar-refractivity contribution in [2.45, 2.75) is 13.0 Å². The van der Waals surface area contributed by atoms with Crippen LogP contribution >= 0.6 is 0 Å². The summed E-state index contributed by atoms with van der Waals surface area (Å²) >= 11 is 0. The van der Waals surface area contributed by atoms with Gasteiger partial charge in [0.2, 0.25) is 5.91 Å². The van der Waals surface area contributed by atoms with E-state index in [1.165, 1.54) is 0 Å². The van der Waals surface area contributed by atoms with Crippen molar-refractivity contribution >= 4 is 5.91 Å². The first-order chi connectivity index (χ1) is 10.2. The summed E-state index contributed by atoms with van der Waals surface area (Å²) in [6, 6.07) is 16.5. The van der Waals surface area contributed by atoms with E-state index in [2.05, 4.69) is 5.32 Å². The van der Waals surface area contributed by atoms with E-state index in [1.807, 2.05) is 61.5 Å². The Morgan fingerprint density at radius 2 is 1.81 bits per heavy atom. The van der Waals surface area contributed by atoms with Gasteiger partial charge in [-0.3, -0.25) is 4.79 Å². The second kappa shape index (κ2) is 7.45. The van der Waals surface area contributed by atoms with Crippen LogP contribution in [0.2, 0.25) is 0 Å². The quantitative estimate of drug-likeness (QED) is 0.799. The first-order valence-electron chi connectivity index (χ1n) is 6.94. The maximum absolute atomic E-state index is 11.9. The van der Waals surface area contributed by atoms with Crippen molar-refractivity contribution in [1.29, 1.82) is 0 Å². The summed E-state index contributed by atoms with van der Waals surface area (Å²) in [6.45, 7) is 2.83. The number of carbonyl (C=O) groups excluding carboxylic acids is 1. The van der Waals surface area contributed by atoms with Gasteiger partial charge in [0.1, 0.15) is 18.4 Å². The lowest BCUT2D eigenvalue weighted by Gasteiger charge is -2.13. The molecule has 110 valence electrons. The molecule has 0 aliphatic carbocycles. The number of nitrogens with two attached hydrogens (primary N) is 1. The molecule has 0 aliphatic heterocycles. The van der Waals surface area contributed by atoms with Crippen LogP contribution < -0.4 is 15.8 Å². The summed E-state index contributed by atoms with van der Waals surface area (Å²) < 4.78 is 5.50. The number of aryl methyl sites for hydroxylation is 1. The van der Waals surface area contributed by atoms with Gasteiger partial charge in [-0.05, 0) is 24.6 Å². The minimum absolute atomic E-state index is 0.199. The number of amides is 1. The zero-order valence-corrected chi connectivity index (χ0v) is 12.1. The molecule has 0 spiro atoms. The summed E-state index contributed by atoms with van der Waals surface area (Å²) in [6.07, 6.45) is 0. The second-order valence-corrected chi connectivity index (χ2v) is 4.84. The fraction of sp³-hybridized carbons (Fsp3) is 0.235. The topological polar surface area (TPSA) is 64.4 Å². The molecule has 2 rings (SSSR count). The minimum atomic E-state index is -0.651. The van der Waals surface area contributed by atoms with Crippen LogP contribution in [-0.4, -0.2) is 19.1 Å². The second-order valence-electron chi connectivity index (χ2n) is 4.84. The molecule has 0 saturated heterocycles. The third-order valence-electron chi connectivity index (χ3n) is 3.13. The first-order valence-corrected chi connectivity index (χ1v) is 6.94. The largest absolute Gasteiger partial charge is 0.492 e. The highest BCUT2D eigenvalue weighted by atomic mass is 16.5. The Bertz CT molecular complexity index is 567. The maximum Gasteiger partial charge on any atom is 0.241 e. The molecule has 0 fully saturated rings. The Morgan fingerprint density at radius 3 is 2.48 bits per heavy atom. The molecule has 2 aromatic rings. The van der Waals surface area contributed by atoms with E-state index in [9.17, 15) is 4.79 Å². The van der Waals surface area contributed by atoms with Gasteiger partial charge in [-0.2, -0.15) is 0 Å². The molecule has 4 nitrogen and oxygen atoms in total. The van der Waals surface area contributed by atoms with Crippen molar-refractivity contribution < 1.29 is 9.53 Å². The highest BCUT2D eigenvalue weighted by Crippen LogP contribution is 2.11. The van der Waals surface area contributed by atoms with Gasteiger partial charge >= 0.3 is 0 Å². The van der Waals surface area contributed by atoms with Crippen molar-refractivity contribution in [3.05, 3.63) is 65.7 Å². The standard InChI is InChI=1S/C17H20N2O2/c1-13-7-9-14(10-8-13)16(18)17(20)19-11-12-21-15-5-3-2-4-6-15/h2-10,16H,11-12,18H2,1H3,(H,19,20). The number of hydrogen-bond donors (Lipinski definition) is 2. The van der Waals surface area contributed by atoms with Crippen molar-refractivity contribution in [1.82, 2.24) is 5.32 Å². The zero-order chi connectivity index (χ0) is 15.1. The fourth-order valence-corrected chi connectivity index (χ4v) is 1.89. The third kappa shape index (κ3) is 4.61. The van der Waals surface area contributed by atoms with Gasteiger partial charge in [-0.25, -0.2) is 0 Å². The van der Waals surface area contributed by atoms with Crippen LogP contribution in [0.15, 0.2) is 54.6 Å². The first kappa shape index (κ1) is 15.1. The van der Waals surface area contributed by atoms with Crippen LogP contribution in [-0.2, 0) is 4.79 Å². The van der Waals surface area contributed by atoms with E-state index in [1.54, 1.807) is 0 Å². The Hall–Kier alpha value is -2.33. The Morgan fingerprint density at radius 1 is 1.14 bits per heavy atom. The molecule has 1 unspecified atom stereocenters. The summed E-state index contributed by atoms with van der Waals surface area (Å²) in [5.74, 6) is 0.588. The molecule has 21 heavy (non-hydrogen) atoms. The SMILES string of the molecule is Cc1ccc(C(N)C(=O)NCCOc2ccccc2)cc1. The Labute approximate surface area is 124 Å². The van der Waals surface area contributed by atoms with Crippen molar-refractivity contribution in [2.75, 3.05) is 13.2 Å². The van der Waals surface area contributed by atoms with Crippen molar-refractivity contribution in [2.24, 2.45) is 5.73 Å². The summed E-state index contributed by atoms with van der Waals surface area (Å²) in [5, 5.41) is 2.78. The summed E-state index contributed by atoms with van der Waals surface area (Å²) in [5.41, 5.74) is 7.88. The molecule has 0 aromatic heterocycles. The van der Waals surface area contributed by atoms with Gasteiger partial charge in [-0.15, -0.1) is 0 Å². The van der Waals surface area contributed by atoms with Gasteiger partial charge in [0.15, 0.2) is 0 Å². The number of para-hydroxylation sites is 1. The molecule has 0 bridgehead atoms. The average Bonchev–Trinajstić information content (AvgIpc) is 2.52. The number of rotatable bonds is 6. The Kier molecular flexibility index (Phi) is 5.35. The van der Waals surface area contributed by atoms with E-state index in [-0.39, 0.29) is 5.91 Å². The summed E-state index contributed by atoms with van der Waals surface area (Å²) in [4.78, 5) is 11.9. The molecule has 1 amide bonds. The van der Waals surface area contributed by atoms with Gasteiger partial charge in [0.25, 0.3) is 0 Å². The number of hydrogen-bond acceptors (Lipinski definition) is 3. The van der Waals surface area contributed by atoms with Gasteiger partial charge in [0, 0.05) is 0 Å². The third-order valence-corrected chi connectivity index (χ3v) is 3.13. The minimum Gasteiger partial charge on any atom is -0.492 e. The van der Waals surface area contributed by atoms with Crippen LogP contribution in [0.4, 0.5) is 0 Å². The fourth-order valence-electron chi connectivity index (χ4n) is 1.89. The normalized spacial score (nSPS) is 11.7. The molecular weight excluding hydrogens is 264 g/mol. The lowest BCUT2D eigenvalue weighted by molar-refractivity contribution is -0.122. The number of ether oxygens (including phenoxy) is 1. The summed E-state index contributed by atoms with van der Waals surface area (Å²) in [7, 11) is 0. The molecular formula is C17H20N2O2. The predicted octanol–water partition coefficient (Wildman–Crippen LogP) is 2.19. The van der Waals surface area contributed by atoms with Gasteiger partial charge in [0.05, 0.1) is 6.54 Å². The number of benzene rings is 2. The predicted molar refractivity (Wildman–Crippen MR) is 83.1 cm³/mol. The van der Waals surface area contributed by atoms with Gasteiger partial charge < -0.3 is 15.8 Å². The van der Waals surface area contributed by atoms with Gasteiger partial charge in [-0.1, -0.05) is 48.0 Å². The lowest BCUT2D eigenvalue weighted by Crippen LogP contribution is -2.36. The van der Waals surface area contributed by atoms with Crippen LogP contribution in [0.25, 0.3) is 0 Å². The van der Waals surface area contributed by atoms with Crippen LogP contribution in [0.5, 0.6) is 5.75 Å². The molecule has 1 atom stereocenters. The maximum atomic E-state index is 11.9. The van der Waals surface area contributed by atoms with Crippen LogP contribution in [0.1, 0.15) is 17.2 Å². The zero-order valence-electron chi connectivity index (χ0n) is 12.1. The van der Waals surface area contributed by atoms with Crippen LogP contribution in [0, 0.1) is 6.92 Å². The van der Waals surface area contributed by atoms with Crippen LogP contribution in [0.3, 0.4) is 0 Å². The Balaban J connectivity index is 1.75. The smallest absolute Gasteiger partial charge is 0.241 e. The number of carbonyl (C=O) groups is 1. The molecule has 3 N–H and O–H groups in total. The molecule has 0 radical (unpaired) electrons. The molecule has 0 saturated carbocycles. The van der Waals surface area contributed by atoms with Crippen molar-refractivity contribution in [3.63, 3.8) is 0 Å².